The lowest BCUT2D eigenvalue weighted by Crippen LogP contribution is -2.48. The Bertz CT molecular complexity index is 847. The summed E-state index contributed by atoms with van der Waals surface area (Å²) < 4.78 is 53.2. The van der Waals surface area contributed by atoms with Gasteiger partial charge in [0.15, 0.2) is 0 Å². The Hall–Kier alpha value is -1.99. The van der Waals surface area contributed by atoms with Crippen molar-refractivity contribution in [1.82, 2.24) is 4.31 Å². The molecule has 2 aromatic carbocycles. The molecule has 2 aromatic rings. The Morgan fingerprint density at radius 3 is 2.29 bits per heavy atom. The highest BCUT2D eigenvalue weighted by molar-refractivity contribution is 7.89. The van der Waals surface area contributed by atoms with Gasteiger partial charge in [0.05, 0.1) is 0 Å². The fourth-order valence-electron chi connectivity index (χ4n) is 2.83. The molecule has 0 aromatic heterocycles. The summed E-state index contributed by atoms with van der Waals surface area (Å²) in [6, 6.07) is 10.5. The monoisotopic (exact) mass is 352 g/mol. The summed E-state index contributed by atoms with van der Waals surface area (Å²) in [5.74, 6) is -1.85. The molecule has 7 heteroatoms. The molecule has 0 aliphatic carbocycles. The molecule has 1 aliphatic heterocycles. The van der Waals surface area contributed by atoms with E-state index in [2.05, 4.69) is 4.90 Å². The highest BCUT2D eigenvalue weighted by Gasteiger charge is 2.30. The smallest absolute Gasteiger partial charge is 0.246 e. The fraction of sp³-hybridized carbons (Fsp3) is 0.294. The predicted octanol–water partition coefficient (Wildman–Crippen LogP) is 2.78. The van der Waals surface area contributed by atoms with Gasteiger partial charge >= 0.3 is 0 Å². The van der Waals surface area contributed by atoms with Crippen LogP contribution in [0.4, 0.5) is 14.5 Å². The number of benzene rings is 2. The van der Waals surface area contributed by atoms with Crippen molar-refractivity contribution in [3.05, 3.63) is 59.7 Å². The minimum absolute atomic E-state index is 0.257. The van der Waals surface area contributed by atoms with E-state index in [1.54, 1.807) is 0 Å². The van der Waals surface area contributed by atoms with Gasteiger partial charge in [-0.2, -0.15) is 4.31 Å². The van der Waals surface area contributed by atoms with Gasteiger partial charge in [-0.25, -0.2) is 17.2 Å². The number of anilines is 1. The number of aryl methyl sites for hydroxylation is 1. The molecule has 0 bridgehead atoms. The van der Waals surface area contributed by atoms with Crippen molar-refractivity contribution < 1.29 is 17.2 Å². The molecular weight excluding hydrogens is 334 g/mol. The first-order valence-electron chi connectivity index (χ1n) is 7.65. The van der Waals surface area contributed by atoms with Gasteiger partial charge in [0.25, 0.3) is 0 Å². The number of hydrogen-bond acceptors (Lipinski definition) is 3. The minimum atomic E-state index is -3.96. The number of hydrogen-bond donors (Lipinski definition) is 0. The second-order valence-corrected chi connectivity index (χ2v) is 7.71. The number of piperazine rings is 1. The Balaban J connectivity index is 1.76. The van der Waals surface area contributed by atoms with E-state index in [9.17, 15) is 17.2 Å². The molecule has 0 amide bonds. The summed E-state index contributed by atoms with van der Waals surface area (Å²) in [4.78, 5) is 1.62. The molecule has 3 rings (SSSR count). The summed E-state index contributed by atoms with van der Waals surface area (Å²) in [6.45, 7) is 3.55. The Labute approximate surface area is 140 Å². The largest absolute Gasteiger partial charge is 0.369 e. The number of rotatable bonds is 3. The van der Waals surface area contributed by atoms with E-state index < -0.39 is 26.6 Å². The van der Waals surface area contributed by atoms with Gasteiger partial charge < -0.3 is 4.90 Å². The van der Waals surface area contributed by atoms with Gasteiger partial charge in [-0.1, -0.05) is 12.1 Å². The van der Waals surface area contributed by atoms with Gasteiger partial charge in [-0.05, 0) is 36.8 Å². The van der Waals surface area contributed by atoms with E-state index >= 15 is 0 Å². The van der Waals surface area contributed by atoms with Crippen LogP contribution in [0, 0.1) is 18.6 Å². The Morgan fingerprint density at radius 2 is 1.67 bits per heavy atom. The first-order chi connectivity index (χ1) is 11.4. The second-order valence-electron chi connectivity index (χ2n) is 5.80. The standard InChI is InChI=1S/C17H18F2N2O2S/c1-13-3-2-4-15(11-13)20-7-9-21(10-8-20)24(22,23)17-6-5-14(18)12-16(17)19/h2-6,11-12H,7-10H2,1H3. The molecule has 0 radical (unpaired) electrons. The predicted molar refractivity (Wildman–Crippen MR) is 88.5 cm³/mol. The summed E-state index contributed by atoms with van der Waals surface area (Å²) in [7, 11) is -3.96. The molecule has 0 spiro atoms. The minimum Gasteiger partial charge on any atom is -0.369 e. The molecule has 24 heavy (non-hydrogen) atoms. The summed E-state index contributed by atoms with van der Waals surface area (Å²) in [6.07, 6.45) is 0. The molecule has 0 atom stereocenters. The molecule has 1 fully saturated rings. The van der Waals surface area contributed by atoms with Crippen molar-refractivity contribution in [2.45, 2.75) is 11.8 Å². The molecular formula is C17H18F2N2O2S. The zero-order chi connectivity index (χ0) is 17.3. The normalized spacial score (nSPS) is 16.4. The second kappa shape index (κ2) is 6.49. The molecule has 1 aliphatic rings. The van der Waals surface area contributed by atoms with Gasteiger partial charge in [0.1, 0.15) is 16.5 Å². The maximum atomic E-state index is 13.8. The molecule has 4 nitrogen and oxygen atoms in total. The van der Waals surface area contributed by atoms with E-state index in [0.717, 1.165) is 23.4 Å². The van der Waals surface area contributed by atoms with Crippen LogP contribution in [0.5, 0.6) is 0 Å². The van der Waals surface area contributed by atoms with Crippen molar-refractivity contribution in [2.24, 2.45) is 0 Å². The molecule has 1 heterocycles. The SMILES string of the molecule is Cc1cccc(N2CCN(S(=O)(=O)c3ccc(F)cc3F)CC2)c1. The van der Waals surface area contributed by atoms with E-state index in [1.807, 2.05) is 31.2 Å². The van der Waals surface area contributed by atoms with Crippen LogP contribution >= 0.6 is 0 Å². The van der Waals surface area contributed by atoms with Crippen molar-refractivity contribution in [2.75, 3.05) is 31.1 Å². The zero-order valence-corrected chi connectivity index (χ0v) is 14.1. The van der Waals surface area contributed by atoms with Crippen molar-refractivity contribution in [3.8, 4) is 0 Å². The topological polar surface area (TPSA) is 40.6 Å². The number of halogens is 2. The van der Waals surface area contributed by atoms with Crippen LogP contribution in [0.1, 0.15) is 5.56 Å². The highest BCUT2D eigenvalue weighted by atomic mass is 32.2. The molecule has 1 saturated heterocycles. The summed E-state index contributed by atoms with van der Waals surface area (Å²) in [5, 5.41) is 0. The maximum Gasteiger partial charge on any atom is 0.246 e. The van der Waals surface area contributed by atoms with Crippen LogP contribution in [-0.2, 0) is 10.0 Å². The van der Waals surface area contributed by atoms with Crippen molar-refractivity contribution >= 4 is 15.7 Å². The van der Waals surface area contributed by atoms with Gasteiger partial charge in [-0.15, -0.1) is 0 Å². The third-order valence-corrected chi connectivity index (χ3v) is 6.05. The Morgan fingerprint density at radius 1 is 0.958 bits per heavy atom. The molecule has 0 N–H and O–H groups in total. The number of nitrogens with zero attached hydrogens (tertiary/aromatic N) is 2. The Kier molecular flexibility index (Phi) is 4.56. The van der Waals surface area contributed by atoms with E-state index in [4.69, 9.17) is 0 Å². The maximum absolute atomic E-state index is 13.8. The van der Waals surface area contributed by atoms with Gasteiger partial charge in [-0.3, -0.25) is 0 Å². The van der Waals surface area contributed by atoms with E-state index in [-0.39, 0.29) is 13.1 Å². The van der Waals surface area contributed by atoms with Crippen LogP contribution in [0.2, 0.25) is 0 Å². The van der Waals surface area contributed by atoms with Gasteiger partial charge in [0, 0.05) is 37.9 Å². The van der Waals surface area contributed by atoms with Crippen LogP contribution in [0.15, 0.2) is 47.4 Å². The molecule has 0 saturated carbocycles. The van der Waals surface area contributed by atoms with Gasteiger partial charge in [0.2, 0.25) is 10.0 Å². The van der Waals surface area contributed by atoms with Crippen molar-refractivity contribution in [1.29, 1.82) is 0 Å². The first-order valence-corrected chi connectivity index (χ1v) is 9.09. The van der Waals surface area contributed by atoms with Crippen LogP contribution in [0.25, 0.3) is 0 Å². The van der Waals surface area contributed by atoms with Crippen molar-refractivity contribution in [3.63, 3.8) is 0 Å². The number of sulfonamides is 1. The van der Waals surface area contributed by atoms with Crippen LogP contribution < -0.4 is 4.90 Å². The first kappa shape index (κ1) is 16.9. The summed E-state index contributed by atoms with van der Waals surface area (Å²) in [5.41, 5.74) is 2.18. The third kappa shape index (κ3) is 3.27. The summed E-state index contributed by atoms with van der Waals surface area (Å²) >= 11 is 0. The molecule has 0 unspecified atom stereocenters. The van der Waals surface area contributed by atoms with E-state index in [0.29, 0.717) is 19.2 Å². The lowest BCUT2D eigenvalue weighted by atomic mass is 10.2. The quantitative estimate of drug-likeness (QED) is 0.853. The lowest BCUT2D eigenvalue weighted by Gasteiger charge is -2.35. The lowest BCUT2D eigenvalue weighted by molar-refractivity contribution is 0.382. The van der Waals surface area contributed by atoms with E-state index in [1.165, 1.54) is 4.31 Å². The average Bonchev–Trinajstić information content (AvgIpc) is 2.54. The highest BCUT2D eigenvalue weighted by Crippen LogP contribution is 2.23. The zero-order valence-electron chi connectivity index (χ0n) is 13.2. The van der Waals surface area contributed by atoms with Crippen LogP contribution in [-0.4, -0.2) is 38.9 Å². The fourth-order valence-corrected chi connectivity index (χ4v) is 4.30. The third-order valence-electron chi connectivity index (χ3n) is 4.12. The average molecular weight is 352 g/mol. The van der Waals surface area contributed by atoms with Crippen LogP contribution in [0.3, 0.4) is 0 Å². The molecule has 128 valence electrons.